The Morgan fingerprint density at radius 3 is 1.62 bits per heavy atom. The molecule has 0 unspecified atom stereocenters. The first kappa shape index (κ1) is 16.1. The van der Waals surface area contributed by atoms with Crippen molar-refractivity contribution in [2.45, 2.75) is 71.4 Å². The van der Waals surface area contributed by atoms with E-state index in [2.05, 4.69) is 48.5 Å². The van der Waals surface area contributed by atoms with E-state index in [0.29, 0.717) is 0 Å². The van der Waals surface area contributed by atoms with Crippen LogP contribution in [0.25, 0.3) is 0 Å². The van der Waals surface area contributed by atoms with Crippen molar-refractivity contribution in [3.63, 3.8) is 0 Å². The Hall–Kier alpha value is 0.137. The van der Waals surface area contributed by atoms with Crippen molar-refractivity contribution in [2.24, 2.45) is 0 Å². The molecule has 0 saturated carbocycles. The maximum atomic E-state index is 6.26. The van der Waals surface area contributed by atoms with Crippen LogP contribution in [-0.2, 0) is 8.85 Å². The van der Waals surface area contributed by atoms with Crippen LogP contribution in [-0.4, -0.2) is 22.3 Å². The maximum Gasteiger partial charge on any atom is 0.349 e. The SMILES string of the molecule is CCCCO[Si](OC)(C(C)(C)C)C(C)(C)C. The molecule has 0 aliphatic heterocycles. The molecule has 3 heteroatoms. The van der Waals surface area contributed by atoms with Crippen molar-refractivity contribution >= 4 is 8.56 Å². The predicted molar refractivity (Wildman–Crippen MR) is 73.1 cm³/mol. The summed E-state index contributed by atoms with van der Waals surface area (Å²) in [6, 6.07) is 0. The van der Waals surface area contributed by atoms with Gasteiger partial charge in [-0.25, -0.2) is 0 Å². The molecular formula is C13H30O2Si. The summed E-state index contributed by atoms with van der Waals surface area (Å²) < 4.78 is 12.2. The Morgan fingerprint density at radius 1 is 0.938 bits per heavy atom. The summed E-state index contributed by atoms with van der Waals surface area (Å²) in [5, 5.41) is 0.182. The van der Waals surface area contributed by atoms with E-state index in [1.807, 2.05) is 7.11 Å². The van der Waals surface area contributed by atoms with Gasteiger partial charge in [-0.3, -0.25) is 0 Å². The van der Waals surface area contributed by atoms with Crippen molar-refractivity contribution in [3.05, 3.63) is 0 Å². The van der Waals surface area contributed by atoms with Crippen LogP contribution in [0.5, 0.6) is 0 Å². The van der Waals surface area contributed by atoms with Gasteiger partial charge in [0.15, 0.2) is 0 Å². The molecule has 0 fully saturated rings. The lowest BCUT2D eigenvalue weighted by Gasteiger charge is -2.48. The maximum absolute atomic E-state index is 6.26. The van der Waals surface area contributed by atoms with Crippen molar-refractivity contribution in [3.8, 4) is 0 Å². The van der Waals surface area contributed by atoms with Crippen molar-refractivity contribution in [1.29, 1.82) is 0 Å². The molecule has 0 aliphatic carbocycles. The van der Waals surface area contributed by atoms with Gasteiger partial charge in [-0.2, -0.15) is 0 Å². The molecule has 16 heavy (non-hydrogen) atoms. The Morgan fingerprint density at radius 2 is 1.38 bits per heavy atom. The molecule has 0 aromatic rings. The molecular weight excluding hydrogens is 216 g/mol. The molecule has 0 spiro atoms. The van der Waals surface area contributed by atoms with Crippen LogP contribution < -0.4 is 0 Å². The molecule has 0 radical (unpaired) electrons. The number of rotatable bonds is 5. The molecule has 0 N–H and O–H groups in total. The van der Waals surface area contributed by atoms with Crippen molar-refractivity contribution in [1.82, 2.24) is 0 Å². The Balaban J connectivity index is 5.00. The second-order valence-corrected chi connectivity index (χ2v) is 11.5. The zero-order chi connectivity index (χ0) is 13.0. The fraction of sp³-hybridized carbons (Fsp3) is 1.00. The second-order valence-electron chi connectivity index (χ2n) is 6.52. The smallest absolute Gasteiger partial charge is 0.349 e. The Bertz CT molecular complexity index is 187. The van der Waals surface area contributed by atoms with Crippen LogP contribution in [0, 0.1) is 0 Å². The van der Waals surface area contributed by atoms with Crippen LogP contribution in [0.15, 0.2) is 0 Å². The molecule has 0 bridgehead atoms. The van der Waals surface area contributed by atoms with Gasteiger partial charge in [0.2, 0.25) is 0 Å². The van der Waals surface area contributed by atoms with E-state index in [1.54, 1.807) is 0 Å². The molecule has 2 nitrogen and oxygen atoms in total. The first-order valence-corrected chi connectivity index (χ1v) is 8.13. The molecule has 98 valence electrons. The number of hydrogen-bond donors (Lipinski definition) is 0. The third kappa shape index (κ3) is 3.31. The van der Waals surface area contributed by atoms with Crippen molar-refractivity contribution in [2.75, 3.05) is 13.7 Å². The fourth-order valence-electron chi connectivity index (χ4n) is 2.59. The third-order valence-electron chi connectivity index (χ3n) is 3.07. The van der Waals surface area contributed by atoms with Crippen LogP contribution in [0.3, 0.4) is 0 Å². The van der Waals surface area contributed by atoms with Gasteiger partial charge >= 0.3 is 8.56 Å². The Labute approximate surface area is 103 Å². The van der Waals surface area contributed by atoms with Gasteiger partial charge in [-0.15, -0.1) is 0 Å². The van der Waals surface area contributed by atoms with Crippen LogP contribution in [0.4, 0.5) is 0 Å². The highest BCUT2D eigenvalue weighted by atomic mass is 28.4. The molecule has 0 amide bonds. The molecule has 0 aromatic heterocycles. The van der Waals surface area contributed by atoms with Crippen LogP contribution >= 0.6 is 0 Å². The minimum Gasteiger partial charge on any atom is -0.397 e. The summed E-state index contributed by atoms with van der Waals surface area (Å²) in [6.45, 7) is 16.4. The van der Waals surface area contributed by atoms with Crippen LogP contribution in [0.1, 0.15) is 61.3 Å². The minimum absolute atomic E-state index is 0.0910. The monoisotopic (exact) mass is 246 g/mol. The summed E-state index contributed by atoms with van der Waals surface area (Å²) in [4.78, 5) is 0. The fourth-order valence-corrected chi connectivity index (χ4v) is 7.48. The molecule has 0 aromatic carbocycles. The lowest BCUT2D eigenvalue weighted by Crippen LogP contribution is -2.56. The quantitative estimate of drug-likeness (QED) is 0.525. The lowest BCUT2D eigenvalue weighted by molar-refractivity contribution is 0.150. The topological polar surface area (TPSA) is 18.5 Å². The average molecular weight is 246 g/mol. The second kappa shape index (κ2) is 5.65. The lowest BCUT2D eigenvalue weighted by atomic mass is 10.2. The van der Waals surface area contributed by atoms with Crippen molar-refractivity contribution < 1.29 is 8.85 Å². The van der Waals surface area contributed by atoms with E-state index in [-0.39, 0.29) is 10.1 Å². The minimum atomic E-state index is -2.21. The van der Waals surface area contributed by atoms with Gasteiger partial charge in [0, 0.05) is 23.8 Å². The van der Waals surface area contributed by atoms with E-state index in [1.165, 1.54) is 6.42 Å². The molecule has 0 saturated heterocycles. The zero-order valence-electron chi connectivity index (χ0n) is 12.4. The predicted octanol–water partition coefficient (Wildman–Crippen LogP) is 4.49. The summed E-state index contributed by atoms with van der Waals surface area (Å²) >= 11 is 0. The largest absolute Gasteiger partial charge is 0.397 e. The van der Waals surface area contributed by atoms with Gasteiger partial charge in [0.25, 0.3) is 0 Å². The van der Waals surface area contributed by atoms with Gasteiger partial charge < -0.3 is 8.85 Å². The highest BCUT2D eigenvalue weighted by molar-refractivity contribution is 6.73. The van der Waals surface area contributed by atoms with Gasteiger partial charge in [0.05, 0.1) is 0 Å². The number of unbranched alkanes of at least 4 members (excludes halogenated alkanes) is 1. The first-order valence-electron chi connectivity index (χ1n) is 6.31. The molecule has 0 heterocycles. The van der Waals surface area contributed by atoms with Gasteiger partial charge in [0.1, 0.15) is 0 Å². The standard InChI is InChI=1S/C13H30O2Si/c1-9-10-11-15-16(14-8,12(2,3)4)13(5,6)7/h9-11H2,1-8H3. The third-order valence-corrected chi connectivity index (χ3v) is 8.20. The van der Waals surface area contributed by atoms with E-state index in [0.717, 1.165) is 13.0 Å². The van der Waals surface area contributed by atoms with E-state index >= 15 is 0 Å². The first-order chi connectivity index (χ1) is 7.12. The van der Waals surface area contributed by atoms with E-state index in [4.69, 9.17) is 8.85 Å². The Kier molecular flexibility index (Phi) is 5.70. The highest BCUT2D eigenvalue weighted by Crippen LogP contribution is 2.51. The van der Waals surface area contributed by atoms with E-state index < -0.39 is 8.56 Å². The van der Waals surface area contributed by atoms with Gasteiger partial charge in [-0.1, -0.05) is 54.9 Å². The normalized spacial score (nSPS) is 14.2. The molecule has 0 aliphatic rings. The van der Waals surface area contributed by atoms with Crippen LogP contribution in [0.2, 0.25) is 10.1 Å². The molecule has 0 atom stereocenters. The number of hydrogen-bond acceptors (Lipinski definition) is 2. The van der Waals surface area contributed by atoms with E-state index in [9.17, 15) is 0 Å². The summed E-state index contributed by atoms with van der Waals surface area (Å²) in [5.41, 5.74) is 0. The highest BCUT2D eigenvalue weighted by Gasteiger charge is 2.57. The zero-order valence-corrected chi connectivity index (χ0v) is 13.4. The summed E-state index contributed by atoms with van der Waals surface area (Å²) in [5.74, 6) is 0. The summed E-state index contributed by atoms with van der Waals surface area (Å²) in [6.07, 6.45) is 2.28. The molecule has 0 rings (SSSR count). The van der Waals surface area contributed by atoms with Gasteiger partial charge in [-0.05, 0) is 6.42 Å². The average Bonchev–Trinajstić information content (AvgIpc) is 2.08. The summed E-state index contributed by atoms with van der Waals surface area (Å²) in [7, 11) is -0.396.